The van der Waals surface area contributed by atoms with Crippen LogP contribution in [0.5, 0.6) is 11.5 Å². The van der Waals surface area contributed by atoms with Gasteiger partial charge in [-0.15, -0.1) is 0 Å². The van der Waals surface area contributed by atoms with Crippen LogP contribution in [0, 0.1) is 11.3 Å². The first-order valence-electron chi connectivity index (χ1n) is 3.91. The van der Waals surface area contributed by atoms with Crippen LogP contribution in [0.4, 0.5) is 0 Å². The Morgan fingerprint density at radius 2 is 2.00 bits per heavy atom. The van der Waals surface area contributed by atoms with E-state index >= 15 is 0 Å². The van der Waals surface area contributed by atoms with Crippen LogP contribution in [-0.4, -0.2) is 21.3 Å². The Hall–Kier alpha value is -2.48. The minimum atomic E-state index is -1.25. The number of rotatable bonds is 2. The third-order valence-electron chi connectivity index (χ3n) is 1.67. The van der Waals surface area contributed by atoms with Crippen LogP contribution in [0.25, 0.3) is 5.57 Å². The second-order valence-electron chi connectivity index (χ2n) is 2.71. The highest BCUT2D eigenvalue weighted by atomic mass is 16.4. The summed E-state index contributed by atoms with van der Waals surface area (Å²) in [5.74, 6) is -1.98. The summed E-state index contributed by atoms with van der Waals surface area (Å²) in [6.45, 7) is 0. The standard InChI is InChI=1S/C10H7NO4/c11-5-7(4-10(14)15)6-1-2-8(12)9(13)3-6/h1-4,12-13H,(H,14,15)/b7-4-. The number of carbonyl (C=O) groups is 1. The molecular weight excluding hydrogens is 198 g/mol. The minimum Gasteiger partial charge on any atom is -0.504 e. The van der Waals surface area contributed by atoms with Crippen molar-refractivity contribution in [1.29, 1.82) is 5.26 Å². The van der Waals surface area contributed by atoms with Gasteiger partial charge in [0.15, 0.2) is 11.5 Å². The predicted molar refractivity (Wildman–Crippen MR) is 51.0 cm³/mol. The molecule has 0 amide bonds. The Labute approximate surface area is 85.1 Å². The van der Waals surface area contributed by atoms with Gasteiger partial charge in [0.05, 0.1) is 5.57 Å². The molecule has 0 spiro atoms. The molecule has 1 aromatic rings. The zero-order valence-corrected chi connectivity index (χ0v) is 7.51. The summed E-state index contributed by atoms with van der Waals surface area (Å²) in [5.41, 5.74) is 0.132. The topological polar surface area (TPSA) is 102 Å². The second kappa shape index (κ2) is 4.15. The van der Waals surface area contributed by atoms with Gasteiger partial charge in [0.1, 0.15) is 6.07 Å². The lowest BCUT2D eigenvalue weighted by molar-refractivity contribution is -0.131. The molecule has 0 fully saturated rings. The van der Waals surface area contributed by atoms with Crippen molar-refractivity contribution in [2.45, 2.75) is 0 Å². The fraction of sp³-hybridized carbons (Fsp3) is 0. The van der Waals surface area contributed by atoms with Gasteiger partial charge in [-0.25, -0.2) is 4.79 Å². The number of aromatic hydroxyl groups is 2. The van der Waals surface area contributed by atoms with E-state index in [1.807, 2.05) is 0 Å². The molecule has 5 nitrogen and oxygen atoms in total. The molecule has 0 heterocycles. The molecule has 1 rings (SSSR count). The monoisotopic (exact) mass is 205 g/mol. The number of nitrogens with zero attached hydrogens (tertiary/aromatic N) is 1. The van der Waals surface area contributed by atoms with Crippen molar-refractivity contribution in [3.8, 4) is 17.6 Å². The van der Waals surface area contributed by atoms with Crippen LogP contribution in [0.15, 0.2) is 24.3 Å². The summed E-state index contributed by atoms with van der Waals surface area (Å²) in [6.07, 6.45) is 0.728. The van der Waals surface area contributed by atoms with Crippen molar-refractivity contribution >= 4 is 11.5 Å². The lowest BCUT2D eigenvalue weighted by atomic mass is 10.1. The molecule has 0 saturated carbocycles. The number of nitriles is 1. The van der Waals surface area contributed by atoms with Crippen molar-refractivity contribution < 1.29 is 20.1 Å². The van der Waals surface area contributed by atoms with Gasteiger partial charge in [-0.1, -0.05) is 0 Å². The zero-order valence-electron chi connectivity index (χ0n) is 7.51. The molecule has 0 saturated heterocycles. The number of carboxylic acids is 1. The molecule has 76 valence electrons. The van der Waals surface area contributed by atoms with Crippen LogP contribution >= 0.6 is 0 Å². The largest absolute Gasteiger partial charge is 0.504 e. The molecule has 3 N–H and O–H groups in total. The number of hydrogen-bond donors (Lipinski definition) is 3. The SMILES string of the molecule is N#C/C(=C/C(=O)O)c1ccc(O)c(O)c1. The van der Waals surface area contributed by atoms with E-state index in [0.717, 1.165) is 12.1 Å². The van der Waals surface area contributed by atoms with E-state index < -0.39 is 11.7 Å². The first kappa shape index (κ1) is 10.6. The molecule has 0 aliphatic carbocycles. The quantitative estimate of drug-likeness (QED) is 0.381. The van der Waals surface area contributed by atoms with Gasteiger partial charge in [-0.05, 0) is 23.8 Å². The van der Waals surface area contributed by atoms with E-state index in [4.69, 9.17) is 20.6 Å². The maximum atomic E-state index is 10.4. The Morgan fingerprint density at radius 1 is 1.33 bits per heavy atom. The highest BCUT2D eigenvalue weighted by Gasteiger charge is 2.06. The van der Waals surface area contributed by atoms with Crippen LogP contribution in [0.1, 0.15) is 5.56 Å². The van der Waals surface area contributed by atoms with Crippen LogP contribution in [-0.2, 0) is 4.79 Å². The molecular formula is C10H7NO4. The highest BCUT2D eigenvalue weighted by Crippen LogP contribution is 2.27. The summed E-state index contributed by atoms with van der Waals surface area (Å²) < 4.78 is 0. The highest BCUT2D eigenvalue weighted by molar-refractivity contribution is 5.94. The molecule has 0 radical (unpaired) electrons. The Kier molecular flexibility index (Phi) is 2.94. The van der Waals surface area contributed by atoms with Crippen molar-refractivity contribution in [2.24, 2.45) is 0 Å². The zero-order chi connectivity index (χ0) is 11.4. The Bertz CT molecular complexity index is 471. The number of hydrogen-bond acceptors (Lipinski definition) is 4. The first-order chi connectivity index (χ1) is 7.04. The maximum Gasteiger partial charge on any atom is 0.329 e. The summed E-state index contributed by atoms with van der Waals surface area (Å²) in [6, 6.07) is 5.32. The van der Waals surface area contributed by atoms with E-state index in [1.165, 1.54) is 12.1 Å². The average Bonchev–Trinajstić information content (AvgIpc) is 2.18. The van der Waals surface area contributed by atoms with Crippen molar-refractivity contribution in [3.63, 3.8) is 0 Å². The summed E-state index contributed by atoms with van der Waals surface area (Å²) >= 11 is 0. The molecule has 0 atom stereocenters. The van der Waals surface area contributed by atoms with Gasteiger partial charge in [0.2, 0.25) is 0 Å². The van der Waals surface area contributed by atoms with Crippen molar-refractivity contribution in [1.82, 2.24) is 0 Å². The van der Waals surface area contributed by atoms with E-state index in [-0.39, 0.29) is 16.9 Å². The molecule has 0 aromatic heterocycles. The third kappa shape index (κ3) is 2.48. The Balaban J connectivity index is 3.21. The smallest absolute Gasteiger partial charge is 0.329 e. The minimum absolute atomic E-state index is 0.0993. The fourth-order valence-corrected chi connectivity index (χ4v) is 0.995. The van der Waals surface area contributed by atoms with Crippen LogP contribution in [0.3, 0.4) is 0 Å². The molecule has 15 heavy (non-hydrogen) atoms. The summed E-state index contributed by atoms with van der Waals surface area (Å²) in [5, 5.41) is 35.3. The predicted octanol–water partition coefficient (Wildman–Crippen LogP) is 1.09. The van der Waals surface area contributed by atoms with E-state index in [1.54, 1.807) is 6.07 Å². The van der Waals surface area contributed by atoms with E-state index in [0.29, 0.717) is 0 Å². The van der Waals surface area contributed by atoms with E-state index in [9.17, 15) is 4.79 Å². The molecule has 5 heteroatoms. The lowest BCUT2D eigenvalue weighted by Gasteiger charge is -2.00. The van der Waals surface area contributed by atoms with Gasteiger partial charge in [-0.3, -0.25) is 0 Å². The molecule has 1 aromatic carbocycles. The fourth-order valence-electron chi connectivity index (χ4n) is 0.995. The van der Waals surface area contributed by atoms with Gasteiger partial charge in [0.25, 0.3) is 0 Å². The first-order valence-corrected chi connectivity index (χ1v) is 3.91. The Morgan fingerprint density at radius 3 is 2.47 bits per heavy atom. The van der Waals surface area contributed by atoms with Crippen LogP contribution < -0.4 is 0 Å². The molecule has 0 aliphatic heterocycles. The number of phenolic OH excluding ortho intramolecular Hbond substituents is 2. The second-order valence-corrected chi connectivity index (χ2v) is 2.71. The van der Waals surface area contributed by atoms with Gasteiger partial charge < -0.3 is 15.3 Å². The molecule has 0 bridgehead atoms. The van der Waals surface area contributed by atoms with Gasteiger partial charge in [0, 0.05) is 6.08 Å². The number of benzene rings is 1. The molecule has 0 unspecified atom stereocenters. The normalized spacial score (nSPS) is 10.7. The number of carboxylic acid groups (broad SMARTS) is 1. The third-order valence-corrected chi connectivity index (χ3v) is 1.67. The van der Waals surface area contributed by atoms with Gasteiger partial charge in [-0.2, -0.15) is 5.26 Å². The van der Waals surface area contributed by atoms with Crippen molar-refractivity contribution in [2.75, 3.05) is 0 Å². The maximum absolute atomic E-state index is 10.4. The number of aliphatic carboxylic acids is 1. The van der Waals surface area contributed by atoms with Crippen LogP contribution in [0.2, 0.25) is 0 Å². The number of phenols is 2. The van der Waals surface area contributed by atoms with E-state index in [2.05, 4.69) is 0 Å². The summed E-state index contributed by atoms with van der Waals surface area (Å²) in [7, 11) is 0. The van der Waals surface area contributed by atoms with Crippen molar-refractivity contribution in [3.05, 3.63) is 29.8 Å². The lowest BCUT2D eigenvalue weighted by Crippen LogP contribution is -1.91. The number of allylic oxidation sites excluding steroid dienone is 1. The molecule has 0 aliphatic rings. The van der Waals surface area contributed by atoms with Gasteiger partial charge >= 0.3 is 5.97 Å². The summed E-state index contributed by atoms with van der Waals surface area (Å²) in [4.78, 5) is 10.4. The average molecular weight is 205 g/mol.